The molecule has 0 atom stereocenters. The zero-order valence-corrected chi connectivity index (χ0v) is 12.0. The number of alkyl halides is 3. The first-order valence-corrected chi connectivity index (χ1v) is 6.95. The fourth-order valence-electron chi connectivity index (χ4n) is 1.93. The van der Waals surface area contributed by atoms with Crippen molar-refractivity contribution >= 4 is 33.8 Å². The first kappa shape index (κ1) is 14.5. The number of fused-ring (bicyclic) bond motifs is 1. The number of nitrogens with one attached hydrogen (secondary N) is 2. The van der Waals surface area contributed by atoms with E-state index in [-0.39, 0.29) is 10.6 Å². The van der Waals surface area contributed by atoms with Crippen molar-refractivity contribution in [2.45, 2.75) is 13.1 Å². The molecule has 2 aromatic heterocycles. The topological polar surface area (TPSA) is 70.7 Å². The third-order valence-electron chi connectivity index (χ3n) is 2.95. The second-order valence-corrected chi connectivity index (χ2v) is 5.56. The lowest BCUT2D eigenvalue weighted by atomic mass is 10.2. The summed E-state index contributed by atoms with van der Waals surface area (Å²) in [6.07, 6.45) is -2.92. The van der Waals surface area contributed by atoms with E-state index in [1.54, 1.807) is 24.4 Å². The molecule has 0 saturated carbocycles. The van der Waals surface area contributed by atoms with Crippen LogP contribution in [0.4, 0.5) is 18.9 Å². The fraction of sp³-hybridized carbons (Fsp3) is 0.154. The van der Waals surface area contributed by atoms with E-state index in [0.29, 0.717) is 17.0 Å². The molecule has 3 aromatic rings. The van der Waals surface area contributed by atoms with Crippen molar-refractivity contribution < 1.29 is 18.0 Å². The molecule has 0 spiro atoms. The lowest BCUT2D eigenvalue weighted by molar-refractivity contribution is -0.137. The Bertz CT molecular complexity index is 852. The van der Waals surface area contributed by atoms with Gasteiger partial charge in [0, 0.05) is 11.1 Å². The van der Waals surface area contributed by atoms with Gasteiger partial charge in [0.05, 0.1) is 17.4 Å². The van der Waals surface area contributed by atoms with Crippen molar-refractivity contribution in [3.8, 4) is 0 Å². The summed E-state index contributed by atoms with van der Waals surface area (Å²) in [6.45, 7) is 1.37. The number of aromatic amines is 1. The molecule has 9 heteroatoms. The summed E-state index contributed by atoms with van der Waals surface area (Å²) in [6, 6.07) is 5.05. The molecule has 1 amide bonds. The maximum Gasteiger partial charge on any atom is 0.443 e. The molecule has 1 aromatic carbocycles. The Balaban J connectivity index is 1.86. The molecule has 0 aliphatic rings. The molecule has 0 radical (unpaired) electrons. The molecule has 0 fully saturated rings. The summed E-state index contributed by atoms with van der Waals surface area (Å²) in [5, 5.41) is 9.00. The Kier molecular flexibility index (Phi) is 3.36. The van der Waals surface area contributed by atoms with Crippen LogP contribution < -0.4 is 5.32 Å². The average molecular weight is 326 g/mol. The number of hydrogen-bond donors (Lipinski definition) is 2. The van der Waals surface area contributed by atoms with Crippen LogP contribution in [0.15, 0.2) is 24.4 Å². The highest BCUT2D eigenvalue weighted by Gasteiger charge is 2.36. The predicted octanol–water partition coefficient (Wildman–Crippen LogP) is 3.60. The number of thiazole rings is 1. The van der Waals surface area contributed by atoms with E-state index in [1.165, 1.54) is 6.92 Å². The Morgan fingerprint density at radius 3 is 2.82 bits per heavy atom. The van der Waals surface area contributed by atoms with E-state index < -0.39 is 17.1 Å². The van der Waals surface area contributed by atoms with E-state index in [1.807, 2.05) is 0 Å². The number of carbonyl (C=O) groups excluding carboxylic acids is 1. The van der Waals surface area contributed by atoms with Crippen LogP contribution in [0.2, 0.25) is 0 Å². The standard InChI is InChI=1S/C13H9F3N4OS/c1-6-10(22-12(18-6)13(14,15)16)11(21)19-8-3-2-7-5-17-20-9(7)4-8/h2-5H,1H3,(H,17,20)(H,19,21). The van der Waals surface area contributed by atoms with Gasteiger partial charge >= 0.3 is 6.18 Å². The lowest BCUT2D eigenvalue weighted by Crippen LogP contribution is -2.11. The van der Waals surface area contributed by atoms with E-state index >= 15 is 0 Å². The summed E-state index contributed by atoms with van der Waals surface area (Å²) in [5.41, 5.74) is 1.23. The molecule has 22 heavy (non-hydrogen) atoms. The number of hydrogen-bond acceptors (Lipinski definition) is 4. The van der Waals surface area contributed by atoms with Crippen LogP contribution in [0.25, 0.3) is 10.9 Å². The SMILES string of the molecule is Cc1nc(C(F)(F)F)sc1C(=O)Nc1ccc2cn[nH]c2c1. The van der Waals surface area contributed by atoms with Crippen molar-refractivity contribution in [3.63, 3.8) is 0 Å². The van der Waals surface area contributed by atoms with Gasteiger partial charge in [0.1, 0.15) is 4.88 Å². The van der Waals surface area contributed by atoms with Crippen LogP contribution in [0.1, 0.15) is 20.4 Å². The molecule has 114 valence electrons. The molecular formula is C13H9F3N4OS. The molecule has 0 saturated heterocycles. The van der Waals surface area contributed by atoms with Gasteiger partial charge in [-0.1, -0.05) is 0 Å². The third-order valence-corrected chi connectivity index (χ3v) is 4.15. The molecule has 0 bridgehead atoms. The predicted molar refractivity (Wildman–Crippen MR) is 75.9 cm³/mol. The minimum atomic E-state index is -4.55. The van der Waals surface area contributed by atoms with E-state index in [2.05, 4.69) is 20.5 Å². The van der Waals surface area contributed by atoms with Crippen LogP contribution in [0.3, 0.4) is 0 Å². The third kappa shape index (κ3) is 2.67. The number of nitrogens with zero attached hydrogens (tertiary/aromatic N) is 2. The molecule has 3 rings (SSSR count). The van der Waals surface area contributed by atoms with Gasteiger partial charge in [-0.3, -0.25) is 9.89 Å². The van der Waals surface area contributed by atoms with Gasteiger partial charge < -0.3 is 5.32 Å². The van der Waals surface area contributed by atoms with Gasteiger partial charge in [-0.05, 0) is 25.1 Å². The highest BCUT2D eigenvalue weighted by molar-refractivity contribution is 7.14. The van der Waals surface area contributed by atoms with Crippen molar-refractivity contribution in [1.82, 2.24) is 15.2 Å². The van der Waals surface area contributed by atoms with Crippen LogP contribution in [-0.4, -0.2) is 21.1 Å². The zero-order chi connectivity index (χ0) is 15.9. The second-order valence-electron chi connectivity index (χ2n) is 4.56. The van der Waals surface area contributed by atoms with Crippen molar-refractivity contribution in [1.29, 1.82) is 0 Å². The molecule has 5 nitrogen and oxygen atoms in total. The Morgan fingerprint density at radius 2 is 2.14 bits per heavy atom. The molecule has 0 unspecified atom stereocenters. The fourth-order valence-corrected chi connectivity index (χ4v) is 2.76. The highest BCUT2D eigenvalue weighted by atomic mass is 32.1. The Hall–Kier alpha value is -2.42. The molecular weight excluding hydrogens is 317 g/mol. The largest absolute Gasteiger partial charge is 0.443 e. The summed E-state index contributed by atoms with van der Waals surface area (Å²) < 4.78 is 37.8. The monoisotopic (exact) mass is 326 g/mol. The van der Waals surface area contributed by atoms with Crippen LogP contribution in [0.5, 0.6) is 0 Å². The van der Waals surface area contributed by atoms with Gasteiger partial charge in [-0.2, -0.15) is 18.3 Å². The first-order chi connectivity index (χ1) is 10.3. The van der Waals surface area contributed by atoms with Gasteiger partial charge in [0.25, 0.3) is 5.91 Å². The van der Waals surface area contributed by atoms with Crippen LogP contribution >= 0.6 is 11.3 Å². The first-order valence-electron chi connectivity index (χ1n) is 6.14. The maximum absolute atomic E-state index is 12.6. The number of anilines is 1. The zero-order valence-electron chi connectivity index (χ0n) is 11.2. The number of rotatable bonds is 2. The van der Waals surface area contributed by atoms with Crippen molar-refractivity contribution in [3.05, 3.63) is 40.0 Å². The Morgan fingerprint density at radius 1 is 1.36 bits per heavy atom. The van der Waals surface area contributed by atoms with Crippen molar-refractivity contribution in [2.24, 2.45) is 0 Å². The minimum Gasteiger partial charge on any atom is -0.321 e. The number of benzene rings is 1. The van der Waals surface area contributed by atoms with E-state index in [4.69, 9.17) is 0 Å². The van der Waals surface area contributed by atoms with Crippen LogP contribution in [0, 0.1) is 6.92 Å². The number of halogens is 3. The van der Waals surface area contributed by atoms with E-state index in [9.17, 15) is 18.0 Å². The number of amides is 1. The van der Waals surface area contributed by atoms with Gasteiger partial charge in [0.2, 0.25) is 0 Å². The second kappa shape index (κ2) is 5.09. The smallest absolute Gasteiger partial charge is 0.321 e. The summed E-state index contributed by atoms with van der Waals surface area (Å²) in [5.74, 6) is -0.621. The Labute approximate surface area is 126 Å². The molecule has 2 N–H and O–H groups in total. The quantitative estimate of drug-likeness (QED) is 0.756. The molecule has 2 heterocycles. The normalized spacial score (nSPS) is 11.8. The van der Waals surface area contributed by atoms with E-state index in [0.717, 1.165) is 10.9 Å². The molecule has 0 aliphatic carbocycles. The number of aromatic nitrogens is 3. The number of carbonyl (C=O) groups is 1. The van der Waals surface area contributed by atoms with Gasteiger partial charge in [-0.25, -0.2) is 4.98 Å². The summed E-state index contributed by atoms with van der Waals surface area (Å²) in [4.78, 5) is 15.5. The van der Waals surface area contributed by atoms with Crippen LogP contribution in [-0.2, 0) is 6.18 Å². The minimum absolute atomic E-state index is 0.0532. The van der Waals surface area contributed by atoms with Gasteiger partial charge in [0.15, 0.2) is 5.01 Å². The summed E-state index contributed by atoms with van der Waals surface area (Å²) in [7, 11) is 0. The lowest BCUT2D eigenvalue weighted by Gasteiger charge is -2.04. The van der Waals surface area contributed by atoms with Gasteiger partial charge in [-0.15, -0.1) is 11.3 Å². The summed E-state index contributed by atoms with van der Waals surface area (Å²) >= 11 is 0.331. The number of H-pyrrole nitrogens is 1. The average Bonchev–Trinajstić information content (AvgIpc) is 3.03. The number of aryl methyl sites for hydroxylation is 1. The highest BCUT2D eigenvalue weighted by Crippen LogP contribution is 2.34. The molecule has 0 aliphatic heterocycles. The maximum atomic E-state index is 12.6. The van der Waals surface area contributed by atoms with Crippen molar-refractivity contribution in [2.75, 3.05) is 5.32 Å².